The van der Waals surface area contributed by atoms with Crippen LogP contribution in [0.25, 0.3) is 5.70 Å². The van der Waals surface area contributed by atoms with Gasteiger partial charge in [-0.05, 0) is 28.1 Å². The van der Waals surface area contributed by atoms with Gasteiger partial charge in [-0.15, -0.1) is 0 Å². The number of methoxy groups -OCH3 is 2. The third-order valence-corrected chi connectivity index (χ3v) is 4.61. The van der Waals surface area contributed by atoms with Gasteiger partial charge >= 0.3 is 5.97 Å². The first-order valence-corrected chi connectivity index (χ1v) is 8.75. The molecule has 1 N–H and O–H groups in total. The van der Waals surface area contributed by atoms with Crippen LogP contribution in [0, 0.1) is 0 Å². The number of hydrogen-bond donors (Lipinski definition) is 1. The van der Waals surface area contributed by atoms with E-state index in [1.165, 1.54) is 11.8 Å². The molecule has 1 aromatic heterocycles. The van der Waals surface area contributed by atoms with E-state index in [2.05, 4.69) is 20.8 Å². The smallest absolute Gasteiger partial charge is 0.357 e. The number of aromatic nitrogens is 4. The third kappa shape index (κ3) is 3.22. The Hall–Kier alpha value is -4.01. The number of hydrogen-bond acceptors (Lipinski definition) is 8. The van der Waals surface area contributed by atoms with Crippen LogP contribution < -0.4 is 10.1 Å². The number of benzene rings is 2. The second-order valence-corrected chi connectivity index (χ2v) is 6.21. The summed E-state index contributed by atoms with van der Waals surface area (Å²) in [6, 6.07) is 15.2. The zero-order valence-corrected chi connectivity index (χ0v) is 15.7. The summed E-state index contributed by atoms with van der Waals surface area (Å²) in [5.41, 5.74) is 1.33. The van der Waals surface area contributed by atoms with E-state index in [1.54, 1.807) is 43.5 Å². The molecule has 9 heteroatoms. The van der Waals surface area contributed by atoms with Crippen LogP contribution in [0.5, 0.6) is 5.75 Å². The molecule has 4 rings (SSSR count). The first-order valence-electron chi connectivity index (χ1n) is 8.75. The van der Waals surface area contributed by atoms with Crippen LogP contribution >= 0.6 is 0 Å². The maximum Gasteiger partial charge on any atom is 0.357 e. The largest absolute Gasteiger partial charge is 0.497 e. The van der Waals surface area contributed by atoms with Crippen LogP contribution in [0.2, 0.25) is 0 Å². The summed E-state index contributed by atoms with van der Waals surface area (Å²) < 4.78 is 11.3. The number of ether oxygens (including phenoxy) is 2. The molecule has 9 nitrogen and oxygen atoms in total. The lowest BCUT2D eigenvalue weighted by molar-refractivity contribution is -0.134. The van der Waals surface area contributed by atoms with E-state index in [0.717, 1.165) is 5.56 Å². The van der Waals surface area contributed by atoms with Crippen molar-refractivity contribution in [1.29, 1.82) is 0 Å². The SMILES string of the molecule is COC(=O)C1=C(C(=O)c2ccccc2)[C@@H](c2ccc(OC)cc2)Nc2nnnn21. The Labute approximate surface area is 165 Å². The van der Waals surface area contributed by atoms with Crippen molar-refractivity contribution in [2.45, 2.75) is 6.04 Å². The zero-order valence-electron chi connectivity index (χ0n) is 15.7. The minimum Gasteiger partial charge on any atom is -0.497 e. The Morgan fingerprint density at radius 3 is 2.41 bits per heavy atom. The average molecular weight is 391 g/mol. The summed E-state index contributed by atoms with van der Waals surface area (Å²) in [5.74, 6) is -0.142. The lowest BCUT2D eigenvalue weighted by Gasteiger charge is -2.28. The molecule has 1 atom stereocenters. The van der Waals surface area contributed by atoms with E-state index in [9.17, 15) is 9.59 Å². The van der Waals surface area contributed by atoms with Gasteiger partial charge in [0.2, 0.25) is 5.95 Å². The van der Waals surface area contributed by atoms with Gasteiger partial charge < -0.3 is 14.8 Å². The molecule has 29 heavy (non-hydrogen) atoms. The lowest BCUT2D eigenvalue weighted by atomic mass is 9.89. The summed E-state index contributed by atoms with van der Waals surface area (Å²) >= 11 is 0. The molecule has 0 spiro atoms. The molecule has 0 bridgehead atoms. The van der Waals surface area contributed by atoms with Crippen LogP contribution in [0.1, 0.15) is 22.0 Å². The number of nitrogens with one attached hydrogen (secondary N) is 1. The van der Waals surface area contributed by atoms with Crippen LogP contribution in [0.15, 0.2) is 60.2 Å². The highest BCUT2D eigenvalue weighted by Gasteiger charge is 2.38. The molecule has 0 amide bonds. The number of anilines is 1. The van der Waals surface area contributed by atoms with Gasteiger partial charge in [0.05, 0.1) is 25.8 Å². The standard InChI is InChI=1S/C20H17N5O4/c1-28-14-10-8-12(9-11-14)16-15(18(26)13-6-4-3-5-7-13)17(19(27)29-2)25-20(21-16)22-23-24-25/h3-11,16H,1-2H3,(H,21,22,24)/t16-/m1/s1. The van der Waals surface area contributed by atoms with Crippen molar-refractivity contribution in [2.24, 2.45) is 0 Å². The second-order valence-electron chi connectivity index (χ2n) is 6.21. The molecule has 0 unspecified atom stereocenters. The highest BCUT2D eigenvalue weighted by atomic mass is 16.5. The Morgan fingerprint density at radius 1 is 1.03 bits per heavy atom. The highest BCUT2D eigenvalue weighted by molar-refractivity contribution is 6.24. The second kappa shape index (κ2) is 7.55. The highest BCUT2D eigenvalue weighted by Crippen LogP contribution is 2.37. The van der Waals surface area contributed by atoms with Crippen molar-refractivity contribution in [3.8, 4) is 5.75 Å². The quantitative estimate of drug-likeness (QED) is 0.520. The van der Waals surface area contributed by atoms with Crippen molar-refractivity contribution in [2.75, 3.05) is 19.5 Å². The average Bonchev–Trinajstić information content (AvgIpc) is 3.26. The Balaban J connectivity index is 1.93. The van der Waals surface area contributed by atoms with Crippen molar-refractivity contribution in [3.05, 3.63) is 71.3 Å². The number of tetrazole rings is 1. The maximum absolute atomic E-state index is 13.5. The van der Waals surface area contributed by atoms with E-state index in [4.69, 9.17) is 9.47 Å². The van der Waals surface area contributed by atoms with Gasteiger partial charge in [-0.1, -0.05) is 47.6 Å². The zero-order chi connectivity index (χ0) is 20.4. The first-order chi connectivity index (χ1) is 14.1. The third-order valence-electron chi connectivity index (χ3n) is 4.61. The summed E-state index contributed by atoms with van der Waals surface area (Å²) in [6.07, 6.45) is 0. The van der Waals surface area contributed by atoms with Crippen LogP contribution in [0.4, 0.5) is 5.95 Å². The summed E-state index contributed by atoms with van der Waals surface area (Å²) in [5, 5.41) is 14.5. The fraction of sp³-hybridized carbons (Fsp3) is 0.150. The number of rotatable bonds is 5. The number of nitrogens with zero attached hydrogens (tertiary/aromatic N) is 4. The molecular weight excluding hydrogens is 374 g/mol. The monoisotopic (exact) mass is 391 g/mol. The Bertz CT molecular complexity index is 1090. The van der Waals surface area contributed by atoms with E-state index < -0.39 is 12.0 Å². The number of Topliss-reactive ketones (excluding diaryl/α,β-unsaturated/α-hetero) is 1. The fourth-order valence-electron chi connectivity index (χ4n) is 3.20. The number of fused-ring (bicyclic) bond motifs is 1. The van der Waals surface area contributed by atoms with Crippen molar-refractivity contribution >= 4 is 23.4 Å². The van der Waals surface area contributed by atoms with Crippen LogP contribution in [0.3, 0.4) is 0 Å². The molecule has 2 aromatic carbocycles. The van der Waals surface area contributed by atoms with Gasteiger partial charge in [0.1, 0.15) is 5.75 Å². The van der Waals surface area contributed by atoms with Gasteiger partial charge in [0, 0.05) is 5.56 Å². The molecule has 146 valence electrons. The molecule has 0 fully saturated rings. The van der Waals surface area contributed by atoms with E-state index in [-0.39, 0.29) is 23.0 Å². The number of carbonyl (C=O) groups excluding carboxylic acids is 2. The van der Waals surface area contributed by atoms with E-state index in [1.807, 2.05) is 18.2 Å². The predicted molar refractivity (Wildman–Crippen MR) is 103 cm³/mol. The summed E-state index contributed by atoms with van der Waals surface area (Å²) in [6.45, 7) is 0. The number of ketones is 1. The van der Waals surface area contributed by atoms with E-state index >= 15 is 0 Å². The molecule has 0 saturated heterocycles. The molecule has 1 aliphatic rings. The molecule has 3 aromatic rings. The van der Waals surface area contributed by atoms with Gasteiger partial charge in [0.25, 0.3) is 0 Å². The van der Waals surface area contributed by atoms with Crippen LogP contribution in [-0.2, 0) is 9.53 Å². The van der Waals surface area contributed by atoms with E-state index in [0.29, 0.717) is 11.3 Å². The molecule has 0 radical (unpaired) electrons. The Kier molecular flexibility index (Phi) is 4.78. The lowest BCUT2D eigenvalue weighted by Crippen LogP contribution is -2.31. The van der Waals surface area contributed by atoms with Crippen molar-refractivity contribution in [3.63, 3.8) is 0 Å². The minimum atomic E-state index is -0.710. The maximum atomic E-state index is 13.5. The molecule has 0 aliphatic carbocycles. The molecule has 2 heterocycles. The normalized spacial score (nSPS) is 15.3. The Morgan fingerprint density at radius 2 is 1.76 bits per heavy atom. The molecule has 0 saturated carbocycles. The van der Waals surface area contributed by atoms with Crippen LogP contribution in [-0.4, -0.2) is 46.2 Å². The first kappa shape index (κ1) is 18.4. The molecule has 1 aliphatic heterocycles. The summed E-state index contributed by atoms with van der Waals surface area (Å²) in [7, 11) is 2.82. The topological polar surface area (TPSA) is 108 Å². The van der Waals surface area contributed by atoms with Gasteiger partial charge in [-0.25, -0.2) is 4.79 Å². The van der Waals surface area contributed by atoms with Crippen molar-refractivity contribution < 1.29 is 19.1 Å². The minimum absolute atomic E-state index is 0.0269. The van der Waals surface area contributed by atoms with Gasteiger partial charge in [-0.3, -0.25) is 4.79 Å². The fourth-order valence-corrected chi connectivity index (χ4v) is 3.20. The molecular formula is C20H17N5O4. The summed E-state index contributed by atoms with van der Waals surface area (Å²) in [4.78, 5) is 26.1. The van der Waals surface area contributed by atoms with Gasteiger partial charge in [-0.2, -0.15) is 4.68 Å². The number of carbonyl (C=O) groups is 2. The van der Waals surface area contributed by atoms with Gasteiger partial charge in [0.15, 0.2) is 11.5 Å². The predicted octanol–water partition coefficient (Wildman–Crippen LogP) is 2.12. The number of esters is 1. The van der Waals surface area contributed by atoms with Crippen molar-refractivity contribution in [1.82, 2.24) is 20.2 Å².